The first-order valence-corrected chi connectivity index (χ1v) is 5.34. The molecule has 0 aromatic carbocycles. The number of nitrogens with zero attached hydrogens (tertiary/aromatic N) is 5. The molecule has 1 atom stereocenters. The van der Waals surface area contributed by atoms with Crippen molar-refractivity contribution < 1.29 is 4.52 Å². The normalized spacial score (nSPS) is 13.9. The fourth-order valence-electron chi connectivity index (χ4n) is 1.30. The Morgan fingerprint density at radius 2 is 2.12 bits per heavy atom. The van der Waals surface area contributed by atoms with Crippen molar-refractivity contribution in [3.05, 3.63) is 12.0 Å². The van der Waals surface area contributed by atoms with Gasteiger partial charge in [0.25, 0.3) is 5.89 Å². The standard InChI is InChI=1S/C10H16N6O/c1-10(2,3)7(11)8-12-9(17-14-8)6-5-16(4)15-13-6/h5,7H,11H2,1-4H3. The summed E-state index contributed by atoms with van der Waals surface area (Å²) in [5.74, 6) is 0.825. The maximum absolute atomic E-state index is 6.04. The van der Waals surface area contributed by atoms with E-state index in [0.717, 1.165) is 0 Å². The van der Waals surface area contributed by atoms with Crippen molar-refractivity contribution in [3.63, 3.8) is 0 Å². The van der Waals surface area contributed by atoms with Crippen molar-refractivity contribution in [1.29, 1.82) is 0 Å². The first kappa shape index (κ1) is 11.7. The predicted molar refractivity (Wildman–Crippen MR) is 60.7 cm³/mol. The maximum Gasteiger partial charge on any atom is 0.280 e. The van der Waals surface area contributed by atoms with E-state index >= 15 is 0 Å². The van der Waals surface area contributed by atoms with Crippen LogP contribution in [0.1, 0.15) is 32.6 Å². The highest BCUT2D eigenvalue weighted by Gasteiger charge is 2.27. The second-order valence-corrected chi connectivity index (χ2v) is 5.08. The van der Waals surface area contributed by atoms with E-state index in [4.69, 9.17) is 10.3 Å². The Kier molecular flexibility index (Phi) is 2.70. The molecule has 2 N–H and O–H groups in total. The van der Waals surface area contributed by atoms with E-state index in [9.17, 15) is 0 Å². The average Bonchev–Trinajstić information content (AvgIpc) is 2.83. The Morgan fingerprint density at radius 1 is 1.41 bits per heavy atom. The van der Waals surface area contributed by atoms with E-state index < -0.39 is 0 Å². The van der Waals surface area contributed by atoms with Gasteiger partial charge in [-0.25, -0.2) is 0 Å². The fourth-order valence-corrected chi connectivity index (χ4v) is 1.30. The van der Waals surface area contributed by atoms with Gasteiger partial charge in [0.1, 0.15) is 0 Å². The Bertz CT molecular complexity index is 509. The third kappa shape index (κ3) is 2.33. The second kappa shape index (κ2) is 3.92. The summed E-state index contributed by atoms with van der Waals surface area (Å²) in [6, 6.07) is -0.281. The van der Waals surface area contributed by atoms with Crippen LogP contribution in [0.5, 0.6) is 0 Å². The molecule has 0 spiro atoms. The summed E-state index contributed by atoms with van der Waals surface area (Å²) < 4.78 is 6.70. The number of hydrogen-bond acceptors (Lipinski definition) is 6. The average molecular weight is 236 g/mol. The lowest BCUT2D eigenvalue weighted by Crippen LogP contribution is -2.27. The SMILES string of the molecule is Cn1cc(-c2nc(C(N)C(C)(C)C)no2)nn1. The van der Waals surface area contributed by atoms with Gasteiger partial charge in [-0.15, -0.1) is 5.10 Å². The summed E-state index contributed by atoms with van der Waals surface area (Å²) in [7, 11) is 1.77. The Labute approximate surface area is 99.0 Å². The second-order valence-electron chi connectivity index (χ2n) is 5.08. The van der Waals surface area contributed by atoms with E-state index in [-0.39, 0.29) is 11.5 Å². The van der Waals surface area contributed by atoms with Gasteiger partial charge in [-0.1, -0.05) is 31.1 Å². The molecule has 7 heteroatoms. The van der Waals surface area contributed by atoms with Crippen LogP contribution in [-0.4, -0.2) is 25.1 Å². The molecular weight excluding hydrogens is 220 g/mol. The minimum absolute atomic E-state index is 0.122. The molecule has 0 amide bonds. The van der Waals surface area contributed by atoms with Gasteiger partial charge in [0.15, 0.2) is 11.5 Å². The Hall–Kier alpha value is -1.76. The molecule has 0 aliphatic heterocycles. The smallest absolute Gasteiger partial charge is 0.280 e. The monoisotopic (exact) mass is 236 g/mol. The highest BCUT2D eigenvalue weighted by molar-refractivity contribution is 5.43. The fraction of sp³-hybridized carbons (Fsp3) is 0.600. The van der Waals surface area contributed by atoms with Gasteiger partial charge in [-0.3, -0.25) is 4.68 Å². The van der Waals surface area contributed by atoms with Crippen LogP contribution in [0, 0.1) is 5.41 Å². The van der Waals surface area contributed by atoms with Crippen molar-refractivity contribution in [1.82, 2.24) is 25.1 Å². The Balaban J connectivity index is 2.28. The zero-order valence-electron chi connectivity index (χ0n) is 10.4. The molecule has 0 aliphatic rings. The lowest BCUT2D eigenvalue weighted by atomic mass is 9.87. The molecule has 0 fully saturated rings. The van der Waals surface area contributed by atoms with Crippen LogP contribution in [0.25, 0.3) is 11.6 Å². The Morgan fingerprint density at radius 3 is 2.65 bits per heavy atom. The third-order valence-electron chi connectivity index (χ3n) is 2.47. The number of aryl methyl sites for hydroxylation is 1. The van der Waals surface area contributed by atoms with Crippen molar-refractivity contribution in [2.45, 2.75) is 26.8 Å². The summed E-state index contributed by atoms with van der Waals surface area (Å²) in [6.07, 6.45) is 1.71. The van der Waals surface area contributed by atoms with E-state index in [0.29, 0.717) is 17.4 Å². The van der Waals surface area contributed by atoms with E-state index in [1.165, 1.54) is 0 Å². The summed E-state index contributed by atoms with van der Waals surface area (Å²) in [6.45, 7) is 6.07. The van der Waals surface area contributed by atoms with Crippen molar-refractivity contribution >= 4 is 0 Å². The van der Waals surface area contributed by atoms with Crippen LogP contribution < -0.4 is 5.73 Å². The van der Waals surface area contributed by atoms with Crippen LogP contribution >= 0.6 is 0 Å². The minimum atomic E-state index is -0.281. The lowest BCUT2D eigenvalue weighted by Gasteiger charge is -2.23. The van der Waals surface area contributed by atoms with Gasteiger partial charge in [-0.2, -0.15) is 4.98 Å². The molecule has 92 valence electrons. The highest BCUT2D eigenvalue weighted by atomic mass is 16.5. The van der Waals surface area contributed by atoms with Gasteiger partial charge in [0, 0.05) is 7.05 Å². The molecule has 0 saturated carbocycles. The van der Waals surface area contributed by atoms with E-state index in [2.05, 4.69) is 20.5 Å². The molecule has 0 radical (unpaired) electrons. The molecule has 1 unspecified atom stereocenters. The largest absolute Gasteiger partial charge is 0.332 e. The van der Waals surface area contributed by atoms with Gasteiger partial charge in [0.05, 0.1) is 12.2 Å². The molecular formula is C10H16N6O. The van der Waals surface area contributed by atoms with Gasteiger partial charge in [-0.05, 0) is 5.41 Å². The van der Waals surface area contributed by atoms with Gasteiger partial charge < -0.3 is 10.3 Å². The van der Waals surface area contributed by atoms with Crippen LogP contribution in [0.2, 0.25) is 0 Å². The van der Waals surface area contributed by atoms with Crippen molar-refractivity contribution in [2.24, 2.45) is 18.2 Å². The number of aromatic nitrogens is 5. The summed E-state index contributed by atoms with van der Waals surface area (Å²) in [4.78, 5) is 4.24. The zero-order valence-corrected chi connectivity index (χ0v) is 10.4. The van der Waals surface area contributed by atoms with E-state index in [1.807, 2.05) is 20.8 Å². The van der Waals surface area contributed by atoms with Gasteiger partial charge >= 0.3 is 0 Å². The topological polar surface area (TPSA) is 95.7 Å². The minimum Gasteiger partial charge on any atom is -0.332 e. The summed E-state index contributed by atoms with van der Waals surface area (Å²) in [5.41, 5.74) is 6.47. The van der Waals surface area contributed by atoms with E-state index in [1.54, 1.807) is 17.9 Å². The zero-order chi connectivity index (χ0) is 12.6. The predicted octanol–water partition coefficient (Wildman–Crippen LogP) is 0.911. The first-order valence-electron chi connectivity index (χ1n) is 5.34. The summed E-state index contributed by atoms with van der Waals surface area (Å²) >= 11 is 0. The molecule has 2 heterocycles. The highest BCUT2D eigenvalue weighted by Crippen LogP contribution is 2.29. The number of nitrogens with two attached hydrogens (primary N) is 1. The molecule has 2 aromatic rings. The quantitative estimate of drug-likeness (QED) is 0.832. The molecule has 7 nitrogen and oxygen atoms in total. The van der Waals surface area contributed by atoms with Crippen LogP contribution in [0.15, 0.2) is 10.7 Å². The maximum atomic E-state index is 6.04. The lowest BCUT2D eigenvalue weighted by molar-refractivity contribution is 0.303. The van der Waals surface area contributed by atoms with Crippen molar-refractivity contribution in [3.8, 4) is 11.6 Å². The molecule has 17 heavy (non-hydrogen) atoms. The van der Waals surface area contributed by atoms with Crippen LogP contribution in [0.3, 0.4) is 0 Å². The molecule has 0 aliphatic carbocycles. The third-order valence-corrected chi connectivity index (χ3v) is 2.47. The molecule has 2 aromatic heterocycles. The number of rotatable bonds is 2. The first-order chi connectivity index (χ1) is 7.88. The molecule has 0 bridgehead atoms. The van der Waals surface area contributed by atoms with Gasteiger partial charge in [0.2, 0.25) is 0 Å². The van der Waals surface area contributed by atoms with Crippen molar-refractivity contribution in [2.75, 3.05) is 0 Å². The molecule has 2 rings (SSSR count). The summed E-state index contributed by atoms with van der Waals surface area (Å²) in [5, 5.41) is 11.6. The van der Waals surface area contributed by atoms with Crippen LogP contribution in [-0.2, 0) is 7.05 Å². The number of hydrogen-bond donors (Lipinski definition) is 1. The van der Waals surface area contributed by atoms with Crippen LogP contribution in [0.4, 0.5) is 0 Å². The molecule has 0 saturated heterocycles.